The zero-order valence-electron chi connectivity index (χ0n) is 7.79. The molecule has 0 aromatic rings. The summed E-state index contributed by atoms with van der Waals surface area (Å²) in [6, 6.07) is -0.0729. The predicted molar refractivity (Wildman–Crippen MR) is 48.2 cm³/mol. The maximum Gasteiger partial charge on any atom is 0.319 e. The predicted octanol–water partition coefficient (Wildman–Crippen LogP) is -0.0741. The van der Waals surface area contributed by atoms with E-state index in [4.69, 9.17) is 11.1 Å². The molecular weight excluding hydrogens is 156 g/mol. The van der Waals surface area contributed by atoms with Crippen molar-refractivity contribution in [2.75, 3.05) is 27.7 Å². The molecule has 3 N–H and O–H groups in total. The van der Waals surface area contributed by atoms with Crippen LogP contribution < -0.4 is 5.73 Å². The van der Waals surface area contributed by atoms with Crippen LogP contribution in [-0.2, 0) is 0 Å². The number of carbonyl (C=O) groups is 1. The number of urea groups is 1. The van der Waals surface area contributed by atoms with Crippen LogP contribution in [0.15, 0.2) is 0 Å². The number of hydrogen-bond acceptors (Lipinski definition) is 2. The Labute approximate surface area is 72.6 Å². The first-order valence-corrected chi connectivity index (χ1v) is 3.70. The summed E-state index contributed by atoms with van der Waals surface area (Å²) in [7, 11) is 5.06. The van der Waals surface area contributed by atoms with Crippen molar-refractivity contribution in [1.29, 1.82) is 5.41 Å². The SMILES string of the molecule is CN(C)C(=O)N(C)CCC(=N)N. The molecule has 0 aliphatic rings. The van der Waals surface area contributed by atoms with E-state index in [0.717, 1.165) is 0 Å². The first-order valence-electron chi connectivity index (χ1n) is 3.70. The Bertz CT molecular complexity index is 178. The molecule has 5 nitrogen and oxygen atoms in total. The lowest BCUT2D eigenvalue weighted by Crippen LogP contribution is -2.37. The van der Waals surface area contributed by atoms with Gasteiger partial charge in [0.1, 0.15) is 0 Å². The van der Waals surface area contributed by atoms with E-state index >= 15 is 0 Å². The van der Waals surface area contributed by atoms with E-state index in [9.17, 15) is 4.79 Å². The summed E-state index contributed by atoms with van der Waals surface area (Å²) in [5.41, 5.74) is 5.15. The van der Waals surface area contributed by atoms with Crippen LogP contribution in [0.1, 0.15) is 6.42 Å². The van der Waals surface area contributed by atoms with Crippen LogP contribution >= 0.6 is 0 Å². The van der Waals surface area contributed by atoms with Crippen LogP contribution in [0.25, 0.3) is 0 Å². The zero-order chi connectivity index (χ0) is 9.72. The highest BCUT2D eigenvalue weighted by molar-refractivity contribution is 5.78. The average molecular weight is 172 g/mol. The molecule has 0 aromatic carbocycles. The number of nitrogens with one attached hydrogen (secondary N) is 1. The smallest absolute Gasteiger partial charge is 0.319 e. The van der Waals surface area contributed by atoms with Gasteiger partial charge in [0.25, 0.3) is 0 Å². The van der Waals surface area contributed by atoms with Crippen LogP contribution in [0.2, 0.25) is 0 Å². The summed E-state index contributed by atoms with van der Waals surface area (Å²) in [5.74, 6) is 0.105. The minimum atomic E-state index is -0.0729. The first-order chi connectivity index (χ1) is 5.45. The van der Waals surface area contributed by atoms with Gasteiger partial charge < -0.3 is 15.5 Å². The van der Waals surface area contributed by atoms with Gasteiger partial charge in [-0.05, 0) is 0 Å². The maximum atomic E-state index is 11.2. The van der Waals surface area contributed by atoms with Crippen LogP contribution in [0, 0.1) is 5.41 Å². The molecular formula is C7H16N4O. The van der Waals surface area contributed by atoms with E-state index in [1.54, 1.807) is 21.1 Å². The molecule has 0 unspecified atom stereocenters. The van der Waals surface area contributed by atoms with Gasteiger partial charge >= 0.3 is 6.03 Å². The number of nitrogens with two attached hydrogens (primary N) is 1. The molecule has 0 heterocycles. The highest BCUT2D eigenvalue weighted by atomic mass is 16.2. The fraction of sp³-hybridized carbons (Fsp3) is 0.714. The van der Waals surface area contributed by atoms with Gasteiger partial charge in [-0.15, -0.1) is 0 Å². The highest BCUT2D eigenvalue weighted by Gasteiger charge is 2.09. The zero-order valence-corrected chi connectivity index (χ0v) is 7.79. The lowest BCUT2D eigenvalue weighted by Gasteiger charge is -2.21. The quantitative estimate of drug-likeness (QED) is 0.462. The summed E-state index contributed by atoms with van der Waals surface area (Å²) in [5, 5.41) is 6.96. The Morgan fingerprint density at radius 2 is 1.92 bits per heavy atom. The third kappa shape index (κ3) is 3.80. The van der Waals surface area contributed by atoms with Crippen LogP contribution in [0.3, 0.4) is 0 Å². The second kappa shape index (κ2) is 4.58. The summed E-state index contributed by atoms with van der Waals surface area (Å²) in [4.78, 5) is 14.2. The largest absolute Gasteiger partial charge is 0.388 e. The molecule has 0 fully saturated rings. The third-order valence-corrected chi connectivity index (χ3v) is 1.43. The van der Waals surface area contributed by atoms with E-state index in [2.05, 4.69) is 0 Å². The molecule has 0 aliphatic carbocycles. The van der Waals surface area contributed by atoms with Crippen molar-refractivity contribution in [3.63, 3.8) is 0 Å². The van der Waals surface area contributed by atoms with Gasteiger partial charge in [-0.1, -0.05) is 0 Å². The topological polar surface area (TPSA) is 73.4 Å². The summed E-state index contributed by atoms with van der Waals surface area (Å²) in [6.45, 7) is 0.492. The second-order valence-corrected chi connectivity index (χ2v) is 2.87. The molecule has 0 saturated carbocycles. The number of amides is 2. The average Bonchev–Trinajstić information content (AvgIpc) is 1.98. The Kier molecular flexibility index (Phi) is 4.10. The molecule has 12 heavy (non-hydrogen) atoms. The van der Waals surface area contributed by atoms with Crippen molar-refractivity contribution in [3.05, 3.63) is 0 Å². The van der Waals surface area contributed by atoms with Crippen molar-refractivity contribution >= 4 is 11.9 Å². The summed E-state index contributed by atoms with van der Waals surface area (Å²) in [6.07, 6.45) is 0.427. The van der Waals surface area contributed by atoms with E-state index in [1.807, 2.05) is 0 Å². The molecule has 0 rings (SSSR count). The Morgan fingerprint density at radius 1 is 1.42 bits per heavy atom. The third-order valence-electron chi connectivity index (χ3n) is 1.43. The van der Waals surface area contributed by atoms with Gasteiger partial charge in [0.15, 0.2) is 0 Å². The number of carbonyl (C=O) groups excluding carboxylic acids is 1. The van der Waals surface area contributed by atoms with Gasteiger partial charge in [-0.2, -0.15) is 0 Å². The van der Waals surface area contributed by atoms with Crippen molar-refractivity contribution < 1.29 is 4.79 Å². The van der Waals surface area contributed by atoms with Crippen molar-refractivity contribution in [2.24, 2.45) is 5.73 Å². The highest BCUT2D eigenvalue weighted by Crippen LogP contribution is 1.92. The number of nitrogens with zero attached hydrogens (tertiary/aromatic N) is 2. The molecule has 0 aromatic heterocycles. The van der Waals surface area contributed by atoms with Gasteiger partial charge in [0.05, 0.1) is 5.84 Å². The lowest BCUT2D eigenvalue weighted by molar-refractivity contribution is 0.183. The Hall–Kier alpha value is -1.26. The van der Waals surface area contributed by atoms with E-state index < -0.39 is 0 Å². The minimum Gasteiger partial charge on any atom is -0.388 e. The minimum absolute atomic E-state index is 0.0729. The molecule has 0 saturated heterocycles. The number of rotatable bonds is 3. The number of hydrogen-bond donors (Lipinski definition) is 2. The standard InChI is InChI=1S/C7H16N4O/c1-10(2)7(12)11(3)5-4-6(8)9/h4-5H2,1-3H3,(H3,8,9). The number of amidine groups is 1. The molecule has 5 heteroatoms. The molecule has 0 aliphatic heterocycles. The van der Waals surface area contributed by atoms with Crippen molar-refractivity contribution in [2.45, 2.75) is 6.42 Å². The van der Waals surface area contributed by atoms with Gasteiger partial charge in [0.2, 0.25) is 0 Å². The molecule has 0 radical (unpaired) electrons. The summed E-state index contributed by atoms with van der Waals surface area (Å²) >= 11 is 0. The Morgan fingerprint density at radius 3 is 2.25 bits per heavy atom. The van der Waals surface area contributed by atoms with Gasteiger partial charge in [-0.25, -0.2) is 4.79 Å². The molecule has 0 atom stereocenters. The summed E-state index contributed by atoms with van der Waals surface area (Å²) < 4.78 is 0. The maximum absolute atomic E-state index is 11.2. The monoisotopic (exact) mass is 172 g/mol. The fourth-order valence-corrected chi connectivity index (χ4v) is 0.725. The van der Waals surface area contributed by atoms with Gasteiger partial charge in [-0.3, -0.25) is 5.41 Å². The normalized spacial score (nSPS) is 9.25. The van der Waals surface area contributed by atoms with Crippen molar-refractivity contribution in [3.8, 4) is 0 Å². The molecule has 2 amide bonds. The van der Waals surface area contributed by atoms with E-state index in [1.165, 1.54) is 9.80 Å². The van der Waals surface area contributed by atoms with Crippen LogP contribution in [0.5, 0.6) is 0 Å². The lowest BCUT2D eigenvalue weighted by atomic mass is 10.4. The van der Waals surface area contributed by atoms with Crippen molar-refractivity contribution in [1.82, 2.24) is 9.80 Å². The van der Waals surface area contributed by atoms with Gasteiger partial charge in [0, 0.05) is 34.1 Å². The molecule has 0 bridgehead atoms. The first kappa shape index (κ1) is 10.7. The van der Waals surface area contributed by atoms with Crippen LogP contribution in [-0.4, -0.2) is 49.4 Å². The Balaban J connectivity index is 3.79. The molecule has 70 valence electrons. The van der Waals surface area contributed by atoms with E-state index in [-0.39, 0.29) is 11.9 Å². The fourth-order valence-electron chi connectivity index (χ4n) is 0.725. The molecule has 0 spiro atoms. The van der Waals surface area contributed by atoms with E-state index in [0.29, 0.717) is 13.0 Å². The van der Waals surface area contributed by atoms with Crippen LogP contribution in [0.4, 0.5) is 4.79 Å². The second-order valence-electron chi connectivity index (χ2n) is 2.87.